The van der Waals surface area contributed by atoms with Crippen LogP contribution in [0.25, 0.3) is 22.3 Å². The second kappa shape index (κ2) is 9.21. The highest BCUT2D eigenvalue weighted by Gasteiger charge is 2.17. The molecule has 1 aliphatic heterocycles. The van der Waals surface area contributed by atoms with Crippen LogP contribution < -0.4 is 10.1 Å². The number of hydrogen-bond donors (Lipinski definition) is 1. The summed E-state index contributed by atoms with van der Waals surface area (Å²) >= 11 is 0. The van der Waals surface area contributed by atoms with Gasteiger partial charge in [-0.15, -0.1) is 0 Å². The molecule has 5 rings (SSSR count). The van der Waals surface area contributed by atoms with Gasteiger partial charge in [0.25, 0.3) is 0 Å². The molecule has 0 atom stereocenters. The minimum Gasteiger partial charge on any atom is -0.496 e. The molecule has 1 N–H and O–H groups in total. The minimum atomic E-state index is -0.527. The van der Waals surface area contributed by atoms with Crippen LogP contribution in [0.3, 0.4) is 0 Å². The molecule has 2 aromatic heterocycles. The number of benzene rings is 2. The fourth-order valence-corrected chi connectivity index (χ4v) is 4.50. The third kappa shape index (κ3) is 4.23. The molecular formula is C26H29N5O3. The van der Waals surface area contributed by atoms with Crippen LogP contribution in [0.4, 0.5) is 10.6 Å². The normalized spacial score (nSPS) is 13.0. The van der Waals surface area contributed by atoms with Crippen molar-refractivity contribution < 1.29 is 14.3 Å². The summed E-state index contributed by atoms with van der Waals surface area (Å²) in [6, 6.07) is 13.9. The van der Waals surface area contributed by atoms with Crippen LogP contribution in [0.15, 0.2) is 42.5 Å². The third-order valence-electron chi connectivity index (χ3n) is 6.24. The lowest BCUT2D eigenvalue weighted by molar-refractivity contribution is 0.155. The zero-order valence-electron chi connectivity index (χ0n) is 19.8. The number of aryl methyl sites for hydroxylation is 4. The summed E-state index contributed by atoms with van der Waals surface area (Å²) < 4.78 is 15.1. The number of carbonyl (C=O) groups excluding carboxylic acids is 1. The third-order valence-corrected chi connectivity index (χ3v) is 6.24. The van der Waals surface area contributed by atoms with Gasteiger partial charge in [-0.25, -0.2) is 14.5 Å². The van der Waals surface area contributed by atoms with Gasteiger partial charge in [0.1, 0.15) is 24.0 Å². The molecule has 176 valence electrons. The molecule has 1 amide bonds. The largest absolute Gasteiger partial charge is 0.496 e. The van der Waals surface area contributed by atoms with Gasteiger partial charge in [-0.1, -0.05) is 12.1 Å². The van der Waals surface area contributed by atoms with Crippen LogP contribution in [0.5, 0.6) is 5.75 Å². The van der Waals surface area contributed by atoms with Crippen LogP contribution in [-0.4, -0.2) is 32.5 Å². The molecule has 3 heterocycles. The summed E-state index contributed by atoms with van der Waals surface area (Å²) in [7, 11) is 1.64. The van der Waals surface area contributed by atoms with Crippen LogP contribution >= 0.6 is 0 Å². The molecule has 0 unspecified atom stereocenters. The molecule has 0 spiro atoms. The van der Waals surface area contributed by atoms with Crippen molar-refractivity contribution in [2.45, 2.75) is 52.8 Å². The number of nitrogens with one attached hydrogen (secondary N) is 1. The Bertz CT molecular complexity index is 1350. The summed E-state index contributed by atoms with van der Waals surface area (Å²) in [6.45, 7) is 5.78. The molecule has 34 heavy (non-hydrogen) atoms. The van der Waals surface area contributed by atoms with E-state index in [1.54, 1.807) is 11.8 Å². The highest BCUT2D eigenvalue weighted by atomic mass is 16.5. The summed E-state index contributed by atoms with van der Waals surface area (Å²) in [6.07, 6.45) is 2.87. The van der Waals surface area contributed by atoms with Crippen molar-refractivity contribution in [3.63, 3.8) is 0 Å². The Morgan fingerprint density at radius 1 is 1.15 bits per heavy atom. The van der Waals surface area contributed by atoms with E-state index < -0.39 is 6.09 Å². The van der Waals surface area contributed by atoms with E-state index in [0.717, 1.165) is 58.0 Å². The van der Waals surface area contributed by atoms with Crippen molar-refractivity contribution >= 4 is 22.9 Å². The van der Waals surface area contributed by atoms with Gasteiger partial charge >= 0.3 is 6.09 Å². The number of imidazole rings is 1. The Hall–Kier alpha value is -3.81. The van der Waals surface area contributed by atoms with E-state index in [1.165, 1.54) is 12.8 Å². The average molecular weight is 460 g/mol. The summed E-state index contributed by atoms with van der Waals surface area (Å²) in [5.41, 5.74) is 5.71. The highest BCUT2D eigenvalue weighted by Crippen LogP contribution is 2.31. The predicted octanol–water partition coefficient (Wildman–Crippen LogP) is 5.32. The van der Waals surface area contributed by atoms with E-state index in [9.17, 15) is 4.79 Å². The number of ether oxygens (including phenoxy) is 2. The van der Waals surface area contributed by atoms with Gasteiger partial charge in [0.05, 0.1) is 23.8 Å². The average Bonchev–Trinajstić information content (AvgIpc) is 3.43. The van der Waals surface area contributed by atoms with Crippen LogP contribution in [-0.2, 0) is 30.9 Å². The number of rotatable bonds is 6. The monoisotopic (exact) mass is 459 g/mol. The first kappa shape index (κ1) is 22.0. The number of carbonyl (C=O) groups is 1. The molecule has 1 aliphatic rings. The second-order valence-electron chi connectivity index (χ2n) is 8.60. The first-order chi connectivity index (χ1) is 16.6. The summed E-state index contributed by atoms with van der Waals surface area (Å²) in [5, 5.41) is 7.46. The number of anilines is 1. The number of fused-ring (bicyclic) bond motifs is 3. The van der Waals surface area contributed by atoms with Gasteiger partial charge in [-0.2, -0.15) is 5.10 Å². The van der Waals surface area contributed by atoms with Crippen molar-refractivity contribution in [3.8, 4) is 17.0 Å². The summed E-state index contributed by atoms with van der Waals surface area (Å²) in [4.78, 5) is 17.3. The van der Waals surface area contributed by atoms with E-state index in [2.05, 4.69) is 21.0 Å². The molecule has 0 bridgehead atoms. The standard InChI is InChI=1S/C26H29N5O3/c1-4-31-25(15-20(29-31)19-10-8-17(2)13-23(19)33-3)28-26(32)34-16-18-9-11-22-21(14-18)27-24-7-5-6-12-30(22)24/h8-11,13-15H,4-7,12,16H2,1-3H3,(H,28,32). The van der Waals surface area contributed by atoms with Crippen molar-refractivity contribution in [2.75, 3.05) is 12.4 Å². The zero-order valence-corrected chi connectivity index (χ0v) is 19.8. The lowest BCUT2D eigenvalue weighted by Gasteiger charge is -2.13. The van der Waals surface area contributed by atoms with E-state index in [0.29, 0.717) is 12.4 Å². The quantitative estimate of drug-likeness (QED) is 0.422. The molecule has 2 aromatic carbocycles. The highest BCUT2D eigenvalue weighted by molar-refractivity contribution is 5.85. The SMILES string of the molecule is CCn1nc(-c2ccc(C)cc2OC)cc1NC(=O)OCc1ccc2c(c1)nc1n2CCCC1. The molecule has 8 nitrogen and oxygen atoms in total. The Balaban J connectivity index is 1.28. The van der Waals surface area contributed by atoms with Gasteiger partial charge in [-0.05, 0) is 62.1 Å². The Morgan fingerprint density at radius 3 is 2.85 bits per heavy atom. The molecule has 0 saturated carbocycles. The van der Waals surface area contributed by atoms with Crippen LogP contribution in [0.2, 0.25) is 0 Å². The molecule has 8 heteroatoms. The van der Waals surface area contributed by atoms with Crippen molar-refractivity contribution in [2.24, 2.45) is 0 Å². The smallest absolute Gasteiger partial charge is 0.413 e. The molecule has 0 saturated heterocycles. The van der Waals surface area contributed by atoms with E-state index in [1.807, 2.05) is 50.2 Å². The maximum atomic E-state index is 12.6. The van der Waals surface area contributed by atoms with E-state index in [4.69, 9.17) is 14.5 Å². The van der Waals surface area contributed by atoms with Crippen LogP contribution in [0.1, 0.15) is 36.7 Å². The topological polar surface area (TPSA) is 83.2 Å². The molecule has 0 aliphatic carbocycles. The lowest BCUT2D eigenvalue weighted by atomic mass is 10.1. The van der Waals surface area contributed by atoms with Gasteiger partial charge in [0, 0.05) is 31.1 Å². The first-order valence-electron chi connectivity index (χ1n) is 11.7. The number of methoxy groups -OCH3 is 1. The maximum absolute atomic E-state index is 12.6. The van der Waals surface area contributed by atoms with Crippen molar-refractivity contribution in [1.29, 1.82) is 0 Å². The minimum absolute atomic E-state index is 0.170. The molecule has 0 radical (unpaired) electrons. The summed E-state index contributed by atoms with van der Waals surface area (Å²) in [5.74, 6) is 2.46. The Morgan fingerprint density at radius 2 is 2.03 bits per heavy atom. The zero-order chi connectivity index (χ0) is 23.7. The second-order valence-corrected chi connectivity index (χ2v) is 8.60. The molecule has 0 fully saturated rings. The van der Waals surface area contributed by atoms with Gasteiger partial charge in [0.2, 0.25) is 0 Å². The van der Waals surface area contributed by atoms with E-state index in [-0.39, 0.29) is 6.61 Å². The van der Waals surface area contributed by atoms with E-state index >= 15 is 0 Å². The number of amides is 1. The van der Waals surface area contributed by atoms with Gasteiger partial charge < -0.3 is 14.0 Å². The number of hydrogen-bond acceptors (Lipinski definition) is 5. The van der Waals surface area contributed by atoms with Crippen LogP contribution in [0, 0.1) is 6.92 Å². The fourth-order valence-electron chi connectivity index (χ4n) is 4.50. The van der Waals surface area contributed by atoms with Gasteiger partial charge in [-0.3, -0.25) is 5.32 Å². The van der Waals surface area contributed by atoms with Crippen molar-refractivity contribution in [1.82, 2.24) is 19.3 Å². The molecule has 4 aromatic rings. The Labute approximate surface area is 198 Å². The first-order valence-corrected chi connectivity index (χ1v) is 11.7. The number of aromatic nitrogens is 4. The fraction of sp³-hybridized carbons (Fsp3) is 0.346. The lowest BCUT2D eigenvalue weighted by Crippen LogP contribution is -2.16. The maximum Gasteiger partial charge on any atom is 0.413 e. The Kier molecular flexibility index (Phi) is 5.96. The predicted molar refractivity (Wildman–Crippen MR) is 131 cm³/mol. The van der Waals surface area contributed by atoms with Gasteiger partial charge in [0.15, 0.2) is 0 Å². The molecular weight excluding hydrogens is 430 g/mol. The van der Waals surface area contributed by atoms with Crippen molar-refractivity contribution in [3.05, 3.63) is 59.4 Å². The number of nitrogens with zero attached hydrogens (tertiary/aromatic N) is 4.